The SMILES string of the molecule is O=C(NCCCOCCOCCOCCOCCOC(=O)c1ccccc1)OCC1c2ccccc2-c2ccccc21. The number of nitrogens with one attached hydrogen (secondary N) is 1. The number of fused-ring (bicyclic) bond motifs is 3. The zero-order chi connectivity index (χ0) is 29.2. The van der Waals surface area contributed by atoms with Gasteiger partial charge in [0, 0.05) is 19.1 Å². The maximum Gasteiger partial charge on any atom is 0.407 e. The summed E-state index contributed by atoms with van der Waals surface area (Å²) in [4.78, 5) is 24.0. The van der Waals surface area contributed by atoms with Crippen molar-refractivity contribution in [2.24, 2.45) is 0 Å². The van der Waals surface area contributed by atoms with E-state index in [1.807, 2.05) is 30.3 Å². The van der Waals surface area contributed by atoms with Crippen LogP contribution in [0.1, 0.15) is 33.8 Å². The second kappa shape index (κ2) is 17.9. The third kappa shape index (κ3) is 9.95. The Bertz CT molecular complexity index is 1190. The number of rotatable bonds is 19. The second-order valence-corrected chi connectivity index (χ2v) is 9.56. The fraction of sp³-hybridized carbons (Fsp3) is 0.394. The van der Waals surface area contributed by atoms with Gasteiger partial charge in [-0.05, 0) is 40.8 Å². The number of benzene rings is 3. The summed E-state index contributed by atoms with van der Waals surface area (Å²) < 4.78 is 32.6. The van der Waals surface area contributed by atoms with Crippen LogP contribution in [0.25, 0.3) is 11.1 Å². The number of amides is 1. The zero-order valence-corrected chi connectivity index (χ0v) is 23.8. The first-order valence-electron chi connectivity index (χ1n) is 14.4. The summed E-state index contributed by atoms with van der Waals surface area (Å²) >= 11 is 0. The van der Waals surface area contributed by atoms with Gasteiger partial charge in [0.25, 0.3) is 0 Å². The van der Waals surface area contributed by atoms with Crippen molar-refractivity contribution in [2.75, 3.05) is 72.6 Å². The first kappa shape index (κ1) is 31.2. The Balaban J connectivity index is 0.910. The molecule has 0 bridgehead atoms. The van der Waals surface area contributed by atoms with E-state index >= 15 is 0 Å². The van der Waals surface area contributed by atoms with E-state index in [1.165, 1.54) is 22.3 Å². The van der Waals surface area contributed by atoms with Crippen molar-refractivity contribution in [3.05, 3.63) is 95.6 Å². The van der Waals surface area contributed by atoms with Gasteiger partial charge in [0.05, 0.1) is 51.8 Å². The fourth-order valence-electron chi connectivity index (χ4n) is 4.63. The molecule has 0 heterocycles. The largest absolute Gasteiger partial charge is 0.460 e. The zero-order valence-electron chi connectivity index (χ0n) is 23.8. The first-order valence-corrected chi connectivity index (χ1v) is 14.4. The van der Waals surface area contributed by atoms with Crippen LogP contribution in [0.4, 0.5) is 4.79 Å². The lowest BCUT2D eigenvalue weighted by Crippen LogP contribution is -2.27. The van der Waals surface area contributed by atoms with Gasteiger partial charge in [-0.1, -0.05) is 66.7 Å². The van der Waals surface area contributed by atoms with Gasteiger partial charge < -0.3 is 33.7 Å². The number of hydrogen-bond acceptors (Lipinski definition) is 8. The lowest BCUT2D eigenvalue weighted by molar-refractivity contribution is -0.00901. The fourth-order valence-corrected chi connectivity index (χ4v) is 4.63. The molecular weight excluding hydrogens is 538 g/mol. The Morgan fingerprint density at radius 1 is 0.571 bits per heavy atom. The van der Waals surface area contributed by atoms with E-state index in [9.17, 15) is 9.59 Å². The molecule has 4 rings (SSSR count). The summed E-state index contributed by atoms with van der Waals surface area (Å²) in [5.41, 5.74) is 5.32. The number of carbonyl (C=O) groups is 2. The summed E-state index contributed by atoms with van der Waals surface area (Å²) in [6.07, 6.45) is 0.260. The number of alkyl carbamates (subject to hydrolysis) is 1. The molecule has 9 nitrogen and oxygen atoms in total. The monoisotopic (exact) mass is 577 g/mol. The number of hydrogen-bond donors (Lipinski definition) is 1. The van der Waals surface area contributed by atoms with Crippen LogP contribution in [-0.2, 0) is 28.4 Å². The van der Waals surface area contributed by atoms with E-state index in [2.05, 4.69) is 29.6 Å². The maximum absolute atomic E-state index is 12.2. The van der Waals surface area contributed by atoms with Crippen molar-refractivity contribution in [3.8, 4) is 11.1 Å². The van der Waals surface area contributed by atoms with Gasteiger partial charge in [-0.15, -0.1) is 0 Å². The molecule has 0 radical (unpaired) electrons. The van der Waals surface area contributed by atoms with Crippen molar-refractivity contribution in [2.45, 2.75) is 12.3 Å². The predicted octanol–water partition coefficient (Wildman–Crippen LogP) is 4.84. The maximum atomic E-state index is 12.2. The average molecular weight is 578 g/mol. The normalized spacial score (nSPS) is 12.0. The predicted molar refractivity (Wildman–Crippen MR) is 158 cm³/mol. The Hall–Kier alpha value is -3.76. The minimum atomic E-state index is -0.419. The van der Waals surface area contributed by atoms with E-state index < -0.39 is 6.09 Å². The van der Waals surface area contributed by atoms with Crippen LogP contribution in [0.5, 0.6) is 0 Å². The number of ether oxygens (including phenoxy) is 6. The van der Waals surface area contributed by atoms with Crippen LogP contribution < -0.4 is 5.32 Å². The molecule has 3 aromatic carbocycles. The minimum absolute atomic E-state index is 0.0498. The van der Waals surface area contributed by atoms with Crippen LogP contribution in [0.15, 0.2) is 78.9 Å². The Kier molecular flexibility index (Phi) is 13.3. The molecule has 0 atom stereocenters. The molecule has 1 N–H and O–H groups in total. The molecule has 0 spiro atoms. The van der Waals surface area contributed by atoms with Crippen LogP contribution in [0, 0.1) is 0 Å². The third-order valence-electron chi connectivity index (χ3n) is 6.66. The highest BCUT2D eigenvalue weighted by molar-refractivity contribution is 5.89. The molecule has 0 saturated carbocycles. The quantitative estimate of drug-likeness (QED) is 0.160. The van der Waals surface area contributed by atoms with E-state index in [0.717, 1.165) is 0 Å². The lowest BCUT2D eigenvalue weighted by atomic mass is 9.98. The van der Waals surface area contributed by atoms with Gasteiger partial charge in [0.2, 0.25) is 0 Å². The van der Waals surface area contributed by atoms with E-state index in [-0.39, 0.29) is 18.5 Å². The van der Waals surface area contributed by atoms with Gasteiger partial charge in [0.1, 0.15) is 13.2 Å². The summed E-state index contributed by atoms with van der Waals surface area (Å²) in [7, 11) is 0. The van der Waals surface area contributed by atoms with Crippen molar-refractivity contribution in [3.63, 3.8) is 0 Å². The molecule has 224 valence electrons. The molecule has 1 amide bonds. The van der Waals surface area contributed by atoms with E-state index in [4.69, 9.17) is 28.4 Å². The Labute approximate surface area is 247 Å². The molecule has 0 unspecified atom stereocenters. The third-order valence-corrected chi connectivity index (χ3v) is 6.66. The first-order chi connectivity index (χ1) is 20.7. The Morgan fingerprint density at radius 2 is 1.07 bits per heavy atom. The summed E-state index contributed by atoms with van der Waals surface area (Å²) in [6.45, 7) is 4.50. The van der Waals surface area contributed by atoms with E-state index in [0.29, 0.717) is 78.0 Å². The van der Waals surface area contributed by atoms with Gasteiger partial charge in [0.15, 0.2) is 0 Å². The molecule has 3 aromatic rings. The van der Waals surface area contributed by atoms with Gasteiger partial charge in [-0.25, -0.2) is 9.59 Å². The highest BCUT2D eigenvalue weighted by Crippen LogP contribution is 2.44. The molecule has 9 heteroatoms. The topological polar surface area (TPSA) is 102 Å². The van der Waals surface area contributed by atoms with Crippen LogP contribution in [0.3, 0.4) is 0 Å². The molecule has 1 aliphatic rings. The molecular formula is C33H39NO8. The summed E-state index contributed by atoms with van der Waals surface area (Å²) in [6, 6.07) is 25.4. The molecule has 0 saturated heterocycles. The van der Waals surface area contributed by atoms with Crippen molar-refractivity contribution < 1.29 is 38.0 Å². The Morgan fingerprint density at radius 3 is 1.67 bits per heavy atom. The van der Waals surface area contributed by atoms with Crippen molar-refractivity contribution >= 4 is 12.1 Å². The second-order valence-electron chi connectivity index (χ2n) is 9.56. The van der Waals surface area contributed by atoms with Crippen LogP contribution in [0.2, 0.25) is 0 Å². The van der Waals surface area contributed by atoms with E-state index in [1.54, 1.807) is 24.3 Å². The highest BCUT2D eigenvalue weighted by atomic mass is 16.6. The number of esters is 1. The van der Waals surface area contributed by atoms with Crippen LogP contribution in [-0.4, -0.2) is 84.7 Å². The summed E-state index contributed by atoms with van der Waals surface area (Å²) in [5.74, 6) is -0.310. The minimum Gasteiger partial charge on any atom is -0.460 e. The van der Waals surface area contributed by atoms with Gasteiger partial charge >= 0.3 is 12.1 Å². The standard InChI is InChI=1S/C33H39NO8/c35-32(26-9-2-1-3-10-26)41-24-23-40-22-21-39-20-19-38-18-17-37-16-8-15-34-33(36)42-25-31-29-13-6-4-11-27(29)28-12-5-7-14-30(28)31/h1-7,9-14,31H,8,15-25H2,(H,34,36). The van der Waals surface area contributed by atoms with Crippen molar-refractivity contribution in [1.29, 1.82) is 0 Å². The van der Waals surface area contributed by atoms with Crippen molar-refractivity contribution in [1.82, 2.24) is 5.32 Å². The average Bonchev–Trinajstić information content (AvgIpc) is 3.35. The molecule has 0 aromatic heterocycles. The number of carbonyl (C=O) groups excluding carboxylic acids is 2. The highest BCUT2D eigenvalue weighted by Gasteiger charge is 2.28. The van der Waals surface area contributed by atoms with Crippen LogP contribution >= 0.6 is 0 Å². The van der Waals surface area contributed by atoms with Gasteiger partial charge in [-0.3, -0.25) is 0 Å². The molecule has 0 fully saturated rings. The summed E-state index contributed by atoms with van der Waals surface area (Å²) in [5, 5.41) is 2.79. The molecule has 1 aliphatic carbocycles. The lowest BCUT2D eigenvalue weighted by Gasteiger charge is -2.14. The smallest absolute Gasteiger partial charge is 0.407 e. The molecule has 42 heavy (non-hydrogen) atoms. The van der Waals surface area contributed by atoms with Gasteiger partial charge in [-0.2, -0.15) is 0 Å². The molecule has 0 aliphatic heterocycles.